The van der Waals surface area contributed by atoms with Crippen LogP contribution in [0.3, 0.4) is 0 Å². The lowest BCUT2D eigenvalue weighted by atomic mass is 10.4. The van der Waals surface area contributed by atoms with Gasteiger partial charge >= 0.3 is 0 Å². The number of rotatable bonds is 2. The molecule has 0 saturated heterocycles. The third-order valence-corrected chi connectivity index (χ3v) is 2.91. The van der Waals surface area contributed by atoms with E-state index >= 15 is 0 Å². The maximum Gasteiger partial charge on any atom is 0.159 e. The lowest BCUT2D eigenvalue weighted by Crippen LogP contribution is -2.02. The van der Waals surface area contributed by atoms with E-state index in [2.05, 4.69) is 26.1 Å². The highest BCUT2D eigenvalue weighted by Gasteiger charge is 2.06. The van der Waals surface area contributed by atoms with Crippen molar-refractivity contribution in [2.24, 2.45) is 7.05 Å². The van der Waals surface area contributed by atoms with Gasteiger partial charge in [-0.15, -0.1) is 0 Å². The number of hydrogen-bond acceptors (Lipinski definition) is 3. The minimum atomic E-state index is 0.469. The number of nitrogen functional groups attached to an aromatic ring is 1. The molecule has 80 valence electrons. The predicted molar refractivity (Wildman–Crippen MR) is 61.7 cm³/mol. The lowest BCUT2D eigenvalue weighted by Gasteiger charge is -1.95. The van der Waals surface area contributed by atoms with Crippen LogP contribution in [-0.2, 0) is 13.6 Å². The summed E-state index contributed by atoms with van der Waals surface area (Å²) in [5.41, 5.74) is 6.44. The molecule has 0 saturated carbocycles. The van der Waals surface area contributed by atoms with Crippen molar-refractivity contribution in [1.82, 2.24) is 19.6 Å². The Balaban J connectivity index is 2.21. The predicted octanol–water partition coefficient (Wildman–Crippen LogP) is 1.66. The molecule has 2 heterocycles. The van der Waals surface area contributed by atoms with E-state index in [0.717, 1.165) is 10.2 Å². The molecule has 0 aliphatic rings. The van der Waals surface area contributed by atoms with E-state index in [1.165, 1.54) is 0 Å². The summed E-state index contributed by atoms with van der Waals surface area (Å²) in [7, 11) is 1.79. The minimum absolute atomic E-state index is 0.469. The molecular formula is C8H9BrClN5. The third-order valence-electron chi connectivity index (χ3n) is 1.94. The molecule has 0 fully saturated rings. The van der Waals surface area contributed by atoms with Crippen molar-refractivity contribution in [3.8, 4) is 0 Å². The highest BCUT2D eigenvalue weighted by Crippen LogP contribution is 2.17. The van der Waals surface area contributed by atoms with E-state index in [1.54, 1.807) is 28.7 Å². The minimum Gasteiger partial charge on any atom is -0.381 e. The summed E-state index contributed by atoms with van der Waals surface area (Å²) in [6.07, 6.45) is 1.80. The fourth-order valence-electron chi connectivity index (χ4n) is 1.24. The largest absolute Gasteiger partial charge is 0.381 e. The molecule has 0 atom stereocenters. The number of halogens is 2. The lowest BCUT2D eigenvalue weighted by molar-refractivity contribution is 0.652. The average Bonchev–Trinajstić information content (AvgIpc) is 2.59. The Kier molecular flexibility index (Phi) is 2.70. The molecule has 5 nitrogen and oxygen atoms in total. The van der Waals surface area contributed by atoms with Crippen LogP contribution in [-0.4, -0.2) is 19.6 Å². The zero-order valence-corrected chi connectivity index (χ0v) is 10.3. The Labute approximate surface area is 99.9 Å². The van der Waals surface area contributed by atoms with Gasteiger partial charge in [0, 0.05) is 19.3 Å². The summed E-state index contributed by atoms with van der Waals surface area (Å²) in [6.45, 7) is 0.552. The molecule has 0 aliphatic heterocycles. The molecule has 7 heteroatoms. The zero-order chi connectivity index (χ0) is 11.0. The summed E-state index contributed by atoms with van der Waals surface area (Å²) < 4.78 is 4.10. The zero-order valence-electron chi connectivity index (χ0n) is 7.98. The van der Waals surface area contributed by atoms with Gasteiger partial charge in [-0.1, -0.05) is 11.6 Å². The van der Waals surface area contributed by atoms with Gasteiger partial charge in [-0.05, 0) is 15.9 Å². The van der Waals surface area contributed by atoms with E-state index < -0.39 is 0 Å². The van der Waals surface area contributed by atoms with Crippen LogP contribution in [0.5, 0.6) is 0 Å². The van der Waals surface area contributed by atoms with Crippen molar-refractivity contribution in [3.05, 3.63) is 27.6 Å². The summed E-state index contributed by atoms with van der Waals surface area (Å²) in [4.78, 5) is 0. The summed E-state index contributed by atoms with van der Waals surface area (Å²) in [5.74, 6) is 0.469. The molecule has 0 aliphatic carbocycles. The highest BCUT2D eigenvalue weighted by molar-refractivity contribution is 9.10. The van der Waals surface area contributed by atoms with Crippen LogP contribution in [0.15, 0.2) is 16.7 Å². The summed E-state index contributed by atoms with van der Waals surface area (Å²) in [5, 5.41) is 8.91. The van der Waals surface area contributed by atoms with Crippen LogP contribution >= 0.6 is 27.5 Å². The molecule has 0 amide bonds. The fourth-order valence-corrected chi connectivity index (χ4v) is 1.72. The van der Waals surface area contributed by atoms with Crippen molar-refractivity contribution in [2.45, 2.75) is 6.54 Å². The molecule has 0 spiro atoms. The first-order chi connectivity index (χ1) is 7.06. The van der Waals surface area contributed by atoms with Gasteiger partial charge in [0.05, 0.1) is 16.7 Å². The Morgan fingerprint density at radius 3 is 2.73 bits per heavy atom. The van der Waals surface area contributed by atoms with Crippen molar-refractivity contribution in [2.75, 3.05) is 5.73 Å². The first kappa shape index (κ1) is 10.5. The van der Waals surface area contributed by atoms with Gasteiger partial charge in [0.1, 0.15) is 5.15 Å². The molecule has 0 bridgehead atoms. The van der Waals surface area contributed by atoms with Gasteiger partial charge in [0.25, 0.3) is 0 Å². The monoisotopic (exact) mass is 289 g/mol. The van der Waals surface area contributed by atoms with E-state index in [0.29, 0.717) is 17.5 Å². The number of nitrogens with two attached hydrogens (primary N) is 1. The molecular weight excluding hydrogens is 281 g/mol. The normalized spacial score (nSPS) is 10.9. The second kappa shape index (κ2) is 3.86. The van der Waals surface area contributed by atoms with Gasteiger partial charge in [-0.3, -0.25) is 9.36 Å². The van der Waals surface area contributed by atoms with Gasteiger partial charge in [0.15, 0.2) is 5.82 Å². The number of aromatic nitrogens is 4. The quantitative estimate of drug-likeness (QED) is 0.915. The molecule has 2 rings (SSSR count). The van der Waals surface area contributed by atoms with Gasteiger partial charge in [-0.2, -0.15) is 10.2 Å². The fraction of sp³-hybridized carbons (Fsp3) is 0.250. The number of aryl methyl sites for hydroxylation is 1. The van der Waals surface area contributed by atoms with E-state index in [4.69, 9.17) is 17.3 Å². The van der Waals surface area contributed by atoms with E-state index in [1.807, 2.05) is 0 Å². The summed E-state index contributed by atoms with van der Waals surface area (Å²) in [6, 6.07) is 1.80. The number of anilines is 1. The first-order valence-electron chi connectivity index (χ1n) is 4.23. The van der Waals surface area contributed by atoms with E-state index in [-0.39, 0.29) is 0 Å². The second-order valence-electron chi connectivity index (χ2n) is 3.14. The maximum absolute atomic E-state index is 5.87. The van der Waals surface area contributed by atoms with Crippen molar-refractivity contribution in [1.29, 1.82) is 0 Å². The van der Waals surface area contributed by atoms with Gasteiger partial charge in [0.2, 0.25) is 0 Å². The highest BCUT2D eigenvalue weighted by atomic mass is 79.9. The molecule has 0 unspecified atom stereocenters. The second-order valence-corrected chi connectivity index (χ2v) is 4.38. The van der Waals surface area contributed by atoms with Crippen LogP contribution in [0.4, 0.5) is 5.82 Å². The van der Waals surface area contributed by atoms with Crippen LogP contribution < -0.4 is 5.73 Å². The molecule has 0 aromatic carbocycles. The Morgan fingerprint density at radius 1 is 1.53 bits per heavy atom. The molecule has 0 radical (unpaired) electrons. The SMILES string of the molecule is Cn1nc(Cn2cc(Br)c(N)n2)cc1Cl. The maximum atomic E-state index is 5.87. The van der Waals surface area contributed by atoms with Crippen molar-refractivity contribution in [3.63, 3.8) is 0 Å². The smallest absolute Gasteiger partial charge is 0.159 e. The Morgan fingerprint density at radius 2 is 2.27 bits per heavy atom. The number of hydrogen-bond donors (Lipinski definition) is 1. The Bertz CT molecular complexity index is 406. The van der Waals surface area contributed by atoms with Gasteiger partial charge in [-0.25, -0.2) is 0 Å². The first-order valence-corrected chi connectivity index (χ1v) is 5.40. The van der Waals surface area contributed by atoms with Crippen molar-refractivity contribution >= 4 is 33.3 Å². The van der Waals surface area contributed by atoms with Crippen LogP contribution in [0.1, 0.15) is 5.69 Å². The topological polar surface area (TPSA) is 61.7 Å². The average molecular weight is 291 g/mol. The molecule has 15 heavy (non-hydrogen) atoms. The third kappa shape index (κ3) is 2.15. The van der Waals surface area contributed by atoms with Crippen LogP contribution in [0.2, 0.25) is 5.15 Å². The van der Waals surface area contributed by atoms with Crippen molar-refractivity contribution < 1.29 is 0 Å². The van der Waals surface area contributed by atoms with Crippen LogP contribution in [0, 0.1) is 0 Å². The molecule has 2 aromatic heterocycles. The Hall–Kier alpha value is -1.01. The van der Waals surface area contributed by atoms with E-state index in [9.17, 15) is 0 Å². The molecule has 2 N–H and O–H groups in total. The number of nitrogens with zero attached hydrogens (tertiary/aromatic N) is 4. The van der Waals surface area contributed by atoms with Gasteiger partial charge < -0.3 is 5.73 Å². The molecule has 2 aromatic rings. The summed E-state index contributed by atoms with van der Waals surface area (Å²) >= 11 is 9.16. The standard InChI is InChI=1S/C8H9BrClN5/c1-14-7(10)2-5(12-14)3-15-4-6(9)8(11)13-15/h2,4H,3H2,1H3,(H2,11,13). The van der Waals surface area contributed by atoms with Crippen LogP contribution in [0.25, 0.3) is 0 Å².